The van der Waals surface area contributed by atoms with Crippen molar-refractivity contribution in [3.8, 4) is 16.9 Å². The highest BCUT2D eigenvalue weighted by Crippen LogP contribution is 2.47. The van der Waals surface area contributed by atoms with Crippen molar-refractivity contribution in [2.24, 2.45) is 5.92 Å². The van der Waals surface area contributed by atoms with E-state index < -0.39 is 30.0 Å². The van der Waals surface area contributed by atoms with E-state index in [9.17, 15) is 14.6 Å². The molecule has 1 aliphatic heterocycles. The Morgan fingerprint density at radius 3 is 2.08 bits per heavy atom. The lowest BCUT2D eigenvalue weighted by molar-refractivity contribution is -0.287. The van der Waals surface area contributed by atoms with Gasteiger partial charge in [0, 0.05) is 5.92 Å². The monoisotopic (exact) mass is 512 g/mol. The van der Waals surface area contributed by atoms with Crippen LogP contribution < -0.4 is 4.74 Å². The Balaban J connectivity index is 1.56. The van der Waals surface area contributed by atoms with Gasteiger partial charge in [0.1, 0.15) is 23.3 Å². The molecule has 1 aliphatic rings. The summed E-state index contributed by atoms with van der Waals surface area (Å²) in [5.74, 6) is -0.322. The maximum absolute atomic E-state index is 14.1. The van der Waals surface area contributed by atoms with E-state index in [1.165, 1.54) is 12.1 Å². The maximum atomic E-state index is 14.1. The van der Waals surface area contributed by atoms with E-state index >= 15 is 0 Å². The molecule has 0 radical (unpaired) electrons. The first-order chi connectivity index (χ1) is 18.4. The van der Waals surface area contributed by atoms with Gasteiger partial charge in [-0.3, -0.25) is 0 Å². The van der Waals surface area contributed by atoms with Gasteiger partial charge >= 0.3 is 0 Å². The molecule has 4 aromatic carbocycles. The van der Waals surface area contributed by atoms with E-state index in [2.05, 4.69) is 6.92 Å². The minimum atomic E-state index is -1.28. The van der Waals surface area contributed by atoms with Crippen molar-refractivity contribution in [3.63, 3.8) is 0 Å². The van der Waals surface area contributed by atoms with Crippen LogP contribution in [-0.2, 0) is 16.8 Å². The van der Waals surface area contributed by atoms with Gasteiger partial charge in [-0.15, -0.1) is 0 Å². The first-order valence-corrected chi connectivity index (χ1v) is 13.1. The Labute approximate surface area is 223 Å². The third-order valence-corrected chi connectivity index (χ3v) is 7.48. The fraction of sp³-hybridized carbons (Fsp3) is 0.273. The van der Waals surface area contributed by atoms with E-state index in [0.717, 1.165) is 40.7 Å². The van der Waals surface area contributed by atoms with E-state index in [1.54, 1.807) is 6.07 Å². The van der Waals surface area contributed by atoms with Gasteiger partial charge in [-0.1, -0.05) is 99.1 Å². The van der Waals surface area contributed by atoms with Crippen molar-refractivity contribution < 1.29 is 24.1 Å². The second-order valence-electron chi connectivity index (χ2n) is 9.92. The molecule has 0 amide bonds. The number of hydrogen-bond acceptors (Lipinski definition) is 4. The number of halogens is 1. The number of hydrogen-bond donors (Lipinski definition) is 2. The zero-order valence-electron chi connectivity index (χ0n) is 21.6. The Morgan fingerprint density at radius 2 is 1.47 bits per heavy atom. The molecule has 1 heterocycles. The zero-order chi connectivity index (χ0) is 26.7. The number of aryl methyl sites for hydroxylation is 1. The quantitative estimate of drug-likeness (QED) is 0.298. The number of aliphatic hydroxyl groups is 2. The molecule has 196 valence electrons. The van der Waals surface area contributed by atoms with Crippen molar-refractivity contribution in [1.29, 1.82) is 0 Å². The Bertz CT molecular complexity index is 1320. The van der Waals surface area contributed by atoms with Crippen LogP contribution in [0.5, 0.6) is 5.75 Å². The number of ether oxygens (including phenoxy) is 2. The van der Waals surface area contributed by atoms with Crippen molar-refractivity contribution >= 4 is 0 Å². The SMILES string of the molecule is CCCc1ccc(O[C@@H]2OC(c3ccccc3)(c3ccccc3)[C@H](C)[C@@H](O)[C@H]2O)cc1-c1cccc(F)c1. The van der Waals surface area contributed by atoms with Crippen LogP contribution in [-0.4, -0.2) is 28.7 Å². The molecule has 1 fully saturated rings. The van der Waals surface area contributed by atoms with Crippen LogP contribution in [0.2, 0.25) is 0 Å². The van der Waals surface area contributed by atoms with Gasteiger partial charge in [-0.2, -0.15) is 0 Å². The predicted molar refractivity (Wildman–Crippen MR) is 146 cm³/mol. The number of benzene rings is 4. The smallest absolute Gasteiger partial charge is 0.229 e. The third-order valence-electron chi connectivity index (χ3n) is 7.48. The molecule has 1 saturated heterocycles. The van der Waals surface area contributed by atoms with Crippen molar-refractivity contribution in [3.05, 3.63) is 126 Å². The van der Waals surface area contributed by atoms with Crippen LogP contribution in [0.25, 0.3) is 11.1 Å². The molecular formula is C33H33FO4. The van der Waals surface area contributed by atoms with E-state index in [-0.39, 0.29) is 5.82 Å². The summed E-state index contributed by atoms with van der Waals surface area (Å²) >= 11 is 0. The fourth-order valence-corrected chi connectivity index (χ4v) is 5.53. The Hall–Kier alpha value is -3.51. The Kier molecular flexibility index (Phi) is 7.61. The second kappa shape index (κ2) is 11.1. The molecule has 0 spiro atoms. The van der Waals surface area contributed by atoms with Crippen molar-refractivity contribution in [2.75, 3.05) is 0 Å². The predicted octanol–water partition coefficient (Wildman–Crippen LogP) is 6.48. The van der Waals surface area contributed by atoms with Crippen molar-refractivity contribution in [1.82, 2.24) is 0 Å². The molecule has 0 bridgehead atoms. The summed E-state index contributed by atoms with van der Waals surface area (Å²) in [4.78, 5) is 0. The summed E-state index contributed by atoms with van der Waals surface area (Å²) in [6.45, 7) is 3.98. The van der Waals surface area contributed by atoms with E-state index in [4.69, 9.17) is 9.47 Å². The summed E-state index contributed by atoms with van der Waals surface area (Å²) < 4.78 is 27.0. The Morgan fingerprint density at radius 1 is 0.816 bits per heavy atom. The van der Waals surface area contributed by atoms with Crippen LogP contribution in [0.15, 0.2) is 103 Å². The summed E-state index contributed by atoms with van der Waals surface area (Å²) in [6, 6.07) is 31.6. The maximum Gasteiger partial charge on any atom is 0.229 e. The molecule has 0 unspecified atom stereocenters. The van der Waals surface area contributed by atoms with Gasteiger partial charge in [-0.05, 0) is 58.5 Å². The molecule has 0 aromatic heterocycles. The number of rotatable bonds is 7. The highest BCUT2D eigenvalue weighted by atomic mass is 19.1. The van der Waals surface area contributed by atoms with Crippen LogP contribution in [0.3, 0.4) is 0 Å². The molecule has 4 atom stereocenters. The van der Waals surface area contributed by atoms with E-state index in [0.29, 0.717) is 5.75 Å². The number of aliphatic hydroxyl groups excluding tert-OH is 2. The molecule has 5 heteroatoms. The molecule has 38 heavy (non-hydrogen) atoms. The summed E-state index contributed by atoms with van der Waals surface area (Å²) in [5, 5.41) is 22.4. The van der Waals surface area contributed by atoms with Gasteiger partial charge in [0.2, 0.25) is 6.29 Å². The van der Waals surface area contributed by atoms with Gasteiger partial charge in [0.15, 0.2) is 0 Å². The van der Waals surface area contributed by atoms with Crippen LogP contribution in [0.4, 0.5) is 4.39 Å². The zero-order valence-corrected chi connectivity index (χ0v) is 21.6. The van der Waals surface area contributed by atoms with Crippen LogP contribution in [0, 0.1) is 11.7 Å². The summed E-state index contributed by atoms with van der Waals surface area (Å²) in [6.07, 6.45) is -1.78. The van der Waals surface area contributed by atoms with Crippen LogP contribution in [0.1, 0.15) is 37.0 Å². The topological polar surface area (TPSA) is 58.9 Å². The average molecular weight is 513 g/mol. The van der Waals surface area contributed by atoms with Gasteiger partial charge in [0.25, 0.3) is 0 Å². The minimum absolute atomic E-state index is 0.310. The molecule has 4 nitrogen and oxygen atoms in total. The summed E-state index contributed by atoms with van der Waals surface area (Å²) in [7, 11) is 0. The average Bonchev–Trinajstić information content (AvgIpc) is 2.95. The standard InChI is InChI=1S/C33H33FO4/c1-3-11-23-18-19-28(21-29(23)24-12-10-17-27(34)20-24)37-32-31(36)30(35)22(2)33(38-32,25-13-6-4-7-14-25)26-15-8-5-9-16-26/h4-10,12-22,30-32,35-36H,3,11H2,1-2H3/t22-,30-,31-,32-/m1/s1. The first-order valence-electron chi connectivity index (χ1n) is 13.1. The lowest BCUT2D eigenvalue weighted by Gasteiger charge is -2.50. The van der Waals surface area contributed by atoms with Crippen LogP contribution >= 0.6 is 0 Å². The molecular weight excluding hydrogens is 479 g/mol. The molecule has 5 rings (SSSR count). The van der Waals surface area contributed by atoms with Gasteiger partial charge in [0.05, 0.1) is 6.10 Å². The van der Waals surface area contributed by atoms with Gasteiger partial charge < -0.3 is 19.7 Å². The normalized spacial score (nSPS) is 22.7. The first kappa shape index (κ1) is 26.1. The molecule has 4 aromatic rings. The lowest BCUT2D eigenvalue weighted by atomic mass is 9.71. The second-order valence-corrected chi connectivity index (χ2v) is 9.92. The molecule has 0 saturated carbocycles. The highest BCUT2D eigenvalue weighted by Gasteiger charge is 2.54. The van der Waals surface area contributed by atoms with E-state index in [1.807, 2.05) is 91.9 Å². The lowest BCUT2D eigenvalue weighted by Crippen LogP contribution is -2.60. The van der Waals surface area contributed by atoms with Crippen molar-refractivity contribution in [2.45, 2.75) is 50.8 Å². The summed E-state index contributed by atoms with van der Waals surface area (Å²) in [5.41, 5.74) is 3.35. The highest BCUT2D eigenvalue weighted by molar-refractivity contribution is 5.69. The molecule has 0 aliphatic carbocycles. The van der Waals surface area contributed by atoms with Gasteiger partial charge in [-0.25, -0.2) is 4.39 Å². The fourth-order valence-electron chi connectivity index (χ4n) is 5.53. The largest absolute Gasteiger partial charge is 0.462 e. The third kappa shape index (κ3) is 4.85. The minimum Gasteiger partial charge on any atom is -0.462 e. The molecule has 2 N–H and O–H groups in total.